The molecule has 3 N–H and O–H groups in total. The Kier molecular flexibility index (Phi) is 6.65. The highest BCUT2D eigenvalue weighted by Crippen LogP contribution is 2.18. The molecule has 132 valence electrons. The van der Waals surface area contributed by atoms with Crippen molar-refractivity contribution in [1.82, 2.24) is 5.32 Å². The smallest absolute Gasteiger partial charge is 0.313 e. The van der Waals surface area contributed by atoms with Gasteiger partial charge in [0.25, 0.3) is 0 Å². The Hall–Kier alpha value is -2.73. The van der Waals surface area contributed by atoms with E-state index in [4.69, 9.17) is 0 Å². The summed E-state index contributed by atoms with van der Waals surface area (Å²) in [5.74, 6) is -2.49. The summed E-state index contributed by atoms with van der Waals surface area (Å²) in [5.41, 5.74) is 1.64. The molecule has 1 unspecified atom stereocenters. The normalized spacial score (nSPS) is 11.6. The van der Waals surface area contributed by atoms with E-state index in [9.17, 15) is 19.1 Å². The average molecular weight is 344 g/mol. The summed E-state index contributed by atoms with van der Waals surface area (Å²) < 4.78 is 13.7. The average Bonchev–Trinajstić information content (AvgIpc) is 2.61. The molecule has 6 heteroatoms. The molecule has 5 nitrogen and oxygen atoms in total. The number of anilines is 1. The molecule has 0 bridgehead atoms. The SMILES string of the molecule is Cc1ccc(NC(=O)C(=O)NCC(CCO)c2ccccc2)c(F)c1. The number of aliphatic hydroxyl groups is 1. The highest BCUT2D eigenvalue weighted by molar-refractivity contribution is 6.39. The van der Waals surface area contributed by atoms with Crippen molar-refractivity contribution in [3.63, 3.8) is 0 Å². The molecule has 0 fully saturated rings. The zero-order valence-electron chi connectivity index (χ0n) is 14.0. The number of rotatable bonds is 6. The number of carbonyl (C=O) groups is 2. The van der Waals surface area contributed by atoms with Crippen LogP contribution in [0.1, 0.15) is 23.5 Å². The Morgan fingerprint density at radius 3 is 2.48 bits per heavy atom. The van der Waals surface area contributed by atoms with Crippen molar-refractivity contribution in [2.75, 3.05) is 18.5 Å². The molecule has 0 saturated carbocycles. The van der Waals surface area contributed by atoms with Crippen LogP contribution in [0, 0.1) is 12.7 Å². The summed E-state index contributed by atoms with van der Waals surface area (Å²) >= 11 is 0. The van der Waals surface area contributed by atoms with Crippen molar-refractivity contribution >= 4 is 17.5 Å². The van der Waals surface area contributed by atoms with Gasteiger partial charge in [0.05, 0.1) is 5.69 Å². The molecule has 0 aromatic heterocycles. The molecular formula is C19H21FN2O3. The van der Waals surface area contributed by atoms with Gasteiger partial charge >= 0.3 is 11.8 Å². The molecule has 2 rings (SSSR count). The van der Waals surface area contributed by atoms with Crippen molar-refractivity contribution in [2.45, 2.75) is 19.3 Å². The molecule has 0 spiro atoms. The number of hydrogen-bond acceptors (Lipinski definition) is 3. The molecule has 0 aliphatic rings. The van der Waals surface area contributed by atoms with Gasteiger partial charge in [0.2, 0.25) is 0 Å². The van der Waals surface area contributed by atoms with Gasteiger partial charge in [-0.3, -0.25) is 9.59 Å². The zero-order valence-corrected chi connectivity index (χ0v) is 14.0. The maximum absolute atomic E-state index is 13.7. The minimum Gasteiger partial charge on any atom is -0.396 e. The highest BCUT2D eigenvalue weighted by atomic mass is 19.1. The molecule has 0 aliphatic heterocycles. The van der Waals surface area contributed by atoms with Crippen LogP contribution in [0.4, 0.5) is 10.1 Å². The van der Waals surface area contributed by atoms with E-state index in [0.717, 1.165) is 11.1 Å². The first-order valence-electron chi connectivity index (χ1n) is 8.02. The first-order valence-corrected chi connectivity index (χ1v) is 8.02. The van der Waals surface area contributed by atoms with Crippen LogP contribution in [0.5, 0.6) is 0 Å². The van der Waals surface area contributed by atoms with Crippen molar-refractivity contribution < 1.29 is 19.1 Å². The zero-order chi connectivity index (χ0) is 18.2. The molecule has 2 aromatic carbocycles. The standard InChI is InChI=1S/C19H21FN2O3/c1-13-7-8-17(16(20)11-13)22-19(25)18(24)21-12-15(9-10-23)14-5-3-2-4-6-14/h2-8,11,15,23H,9-10,12H2,1H3,(H,21,24)(H,22,25). The molecule has 0 saturated heterocycles. The lowest BCUT2D eigenvalue weighted by molar-refractivity contribution is -0.136. The first kappa shape index (κ1) is 18.6. The number of amides is 2. The molecule has 2 amide bonds. The number of benzene rings is 2. The summed E-state index contributed by atoms with van der Waals surface area (Å²) in [6.07, 6.45) is 0.457. The Bertz CT molecular complexity index is 735. The predicted molar refractivity (Wildman–Crippen MR) is 93.7 cm³/mol. The number of aliphatic hydroxyl groups excluding tert-OH is 1. The lowest BCUT2D eigenvalue weighted by Gasteiger charge is -2.17. The van der Waals surface area contributed by atoms with Gasteiger partial charge in [-0.15, -0.1) is 0 Å². The number of halogens is 1. The topological polar surface area (TPSA) is 78.4 Å². The van der Waals surface area contributed by atoms with E-state index in [1.54, 1.807) is 13.0 Å². The lowest BCUT2D eigenvalue weighted by Crippen LogP contribution is -2.38. The molecular weight excluding hydrogens is 323 g/mol. The first-order chi connectivity index (χ1) is 12.0. The molecule has 2 aromatic rings. The Balaban J connectivity index is 1.94. The van der Waals surface area contributed by atoms with Crippen LogP contribution in [-0.2, 0) is 9.59 Å². The lowest BCUT2D eigenvalue weighted by atomic mass is 9.96. The van der Waals surface area contributed by atoms with E-state index in [1.165, 1.54) is 12.1 Å². The largest absolute Gasteiger partial charge is 0.396 e. The second-order valence-corrected chi connectivity index (χ2v) is 5.77. The van der Waals surface area contributed by atoms with Crippen LogP contribution in [0.15, 0.2) is 48.5 Å². The Morgan fingerprint density at radius 1 is 1.12 bits per heavy atom. The van der Waals surface area contributed by atoms with Gasteiger partial charge in [0.1, 0.15) is 5.82 Å². The van der Waals surface area contributed by atoms with Gasteiger partial charge < -0.3 is 15.7 Å². The van der Waals surface area contributed by atoms with Crippen LogP contribution in [0.25, 0.3) is 0 Å². The van der Waals surface area contributed by atoms with Crippen molar-refractivity contribution in [3.05, 3.63) is 65.5 Å². The van der Waals surface area contributed by atoms with Gasteiger partial charge in [-0.25, -0.2) is 4.39 Å². The van der Waals surface area contributed by atoms with Gasteiger partial charge in [-0.1, -0.05) is 36.4 Å². The third-order valence-electron chi connectivity index (χ3n) is 3.84. The van der Waals surface area contributed by atoms with E-state index in [0.29, 0.717) is 6.42 Å². The minimum atomic E-state index is -0.932. The van der Waals surface area contributed by atoms with Crippen molar-refractivity contribution in [2.24, 2.45) is 0 Å². The van der Waals surface area contributed by atoms with E-state index in [2.05, 4.69) is 10.6 Å². The number of aryl methyl sites for hydroxylation is 1. The Labute approximate surface area is 145 Å². The molecule has 0 radical (unpaired) electrons. The minimum absolute atomic E-state index is 0.0315. The fourth-order valence-corrected chi connectivity index (χ4v) is 2.46. The van der Waals surface area contributed by atoms with Crippen LogP contribution < -0.4 is 10.6 Å². The van der Waals surface area contributed by atoms with Gasteiger partial charge in [-0.05, 0) is 36.6 Å². The summed E-state index contributed by atoms with van der Waals surface area (Å²) in [7, 11) is 0. The van der Waals surface area contributed by atoms with Crippen LogP contribution in [0.2, 0.25) is 0 Å². The molecule has 25 heavy (non-hydrogen) atoms. The fourth-order valence-electron chi connectivity index (χ4n) is 2.46. The van der Waals surface area contributed by atoms with Gasteiger partial charge in [0, 0.05) is 19.1 Å². The summed E-state index contributed by atoms with van der Waals surface area (Å²) in [6.45, 7) is 1.90. The van der Waals surface area contributed by atoms with E-state index >= 15 is 0 Å². The summed E-state index contributed by atoms with van der Waals surface area (Å²) in [5, 5.41) is 14.0. The van der Waals surface area contributed by atoms with E-state index in [1.807, 2.05) is 30.3 Å². The maximum atomic E-state index is 13.7. The van der Waals surface area contributed by atoms with Gasteiger partial charge in [0.15, 0.2) is 0 Å². The third-order valence-corrected chi connectivity index (χ3v) is 3.84. The summed E-state index contributed by atoms with van der Waals surface area (Å²) in [4.78, 5) is 23.9. The second kappa shape index (κ2) is 8.94. The monoisotopic (exact) mass is 344 g/mol. The molecule has 1 atom stereocenters. The van der Waals surface area contributed by atoms with Crippen LogP contribution >= 0.6 is 0 Å². The number of hydrogen-bond donors (Lipinski definition) is 3. The highest BCUT2D eigenvalue weighted by Gasteiger charge is 2.18. The quantitative estimate of drug-likeness (QED) is 0.704. The molecule has 0 heterocycles. The number of carbonyl (C=O) groups excluding carboxylic acids is 2. The van der Waals surface area contributed by atoms with E-state index < -0.39 is 17.6 Å². The van der Waals surface area contributed by atoms with Crippen molar-refractivity contribution in [3.8, 4) is 0 Å². The van der Waals surface area contributed by atoms with Crippen LogP contribution in [0.3, 0.4) is 0 Å². The van der Waals surface area contributed by atoms with Crippen molar-refractivity contribution in [1.29, 1.82) is 0 Å². The van der Waals surface area contributed by atoms with Crippen LogP contribution in [-0.4, -0.2) is 30.1 Å². The van der Waals surface area contributed by atoms with Gasteiger partial charge in [-0.2, -0.15) is 0 Å². The third kappa shape index (κ3) is 5.39. The maximum Gasteiger partial charge on any atom is 0.313 e. The predicted octanol–water partition coefficient (Wildman–Crippen LogP) is 2.36. The second-order valence-electron chi connectivity index (χ2n) is 5.77. The molecule has 0 aliphatic carbocycles. The van der Waals surface area contributed by atoms with E-state index in [-0.39, 0.29) is 24.8 Å². The number of nitrogens with one attached hydrogen (secondary N) is 2. The Morgan fingerprint density at radius 2 is 1.84 bits per heavy atom. The fraction of sp³-hybridized carbons (Fsp3) is 0.263. The summed E-state index contributed by atoms with van der Waals surface area (Å²) in [6, 6.07) is 13.7.